The molecule has 0 atom stereocenters. The van der Waals surface area contributed by atoms with Crippen LogP contribution < -0.4 is 4.74 Å². The number of nitrogens with zero attached hydrogens (tertiary/aromatic N) is 2. The van der Waals surface area contributed by atoms with Crippen LogP contribution in [0.2, 0.25) is 0 Å². The number of rotatable bonds is 1. The van der Waals surface area contributed by atoms with Gasteiger partial charge in [0, 0.05) is 7.05 Å². The van der Waals surface area contributed by atoms with E-state index in [2.05, 4.69) is 5.10 Å². The molecule has 0 saturated carbocycles. The fourth-order valence-electron chi connectivity index (χ4n) is 1.55. The summed E-state index contributed by atoms with van der Waals surface area (Å²) in [6, 6.07) is 4.37. The number of ether oxygens (including phenoxy) is 1. The van der Waals surface area contributed by atoms with E-state index in [1.54, 1.807) is 13.0 Å². The predicted octanol–water partition coefficient (Wildman–Crippen LogP) is 2.10. The van der Waals surface area contributed by atoms with Crippen molar-refractivity contribution in [2.75, 3.05) is 13.6 Å². The number of hydrazone groups is 1. The molecule has 7 heteroatoms. The average molecular weight is 270 g/mol. The Hall–Kier alpha value is -2.27. The molecular weight excluding hydrogens is 261 g/mol. The minimum Gasteiger partial charge on any atom is -0.437 e. The van der Waals surface area contributed by atoms with E-state index < -0.39 is 11.7 Å². The number of carbonyl (C=O) groups excluding carboxylic acids is 1. The Morgan fingerprint density at radius 2 is 2.16 bits per heavy atom. The third-order valence-corrected chi connectivity index (χ3v) is 2.41. The van der Waals surface area contributed by atoms with Gasteiger partial charge in [-0.15, -0.1) is 5.10 Å². The highest BCUT2D eigenvalue weighted by Crippen LogP contribution is 2.31. The van der Waals surface area contributed by atoms with Crippen molar-refractivity contribution >= 4 is 11.8 Å². The van der Waals surface area contributed by atoms with Gasteiger partial charge in [0.15, 0.2) is 0 Å². The average Bonchev–Trinajstić information content (AvgIpc) is 2.69. The van der Waals surface area contributed by atoms with Gasteiger partial charge in [-0.1, -0.05) is 6.07 Å². The molecule has 0 unspecified atom stereocenters. The number of likely N-dealkylation sites (N-methyl/N-ethyl adjacent to an activating group) is 1. The largest absolute Gasteiger partial charge is 0.437 e. The maximum atomic E-state index is 12.5. The number of halogens is 3. The molecule has 0 aromatic heterocycles. The van der Waals surface area contributed by atoms with E-state index in [4.69, 9.17) is 4.74 Å². The smallest absolute Gasteiger partial charge is 0.416 e. The minimum absolute atomic E-state index is 0.0307. The Morgan fingerprint density at radius 1 is 1.42 bits per heavy atom. The van der Waals surface area contributed by atoms with Gasteiger partial charge in [0.2, 0.25) is 0 Å². The lowest BCUT2D eigenvalue weighted by Crippen LogP contribution is -2.11. The Labute approximate surface area is 106 Å². The van der Waals surface area contributed by atoms with E-state index in [9.17, 15) is 18.0 Å². The van der Waals surface area contributed by atoms with Crippen molar-refractivity contribution < 1.29 is 22.7 Å². The molecule has 19 heavy (non-hydrogen) atoms. The lowest BCUT2D eigenvalue weighted by atomic mass is 10.2. The number of hydrogen-bond donors (Lipinski definition) is 0. The van der Waals surface area contributed by atoms with E-state index in [0.717, 1.165) is 12.1 Å². The summed E-state index contributed by atoms with van der Waals surface area (Å²) in [5.41, 5.74) is -0.659. The minimum atomic E-state index is -4.45. The zero-order chi connectivity index (χ0) is 14.0. The summed E-state index contributed by atoms with van der Waals surface area (Å²) < 4.78 is 42.8. The topological polar surface area (TPSA) is 41.9 Å². The molecule has 1 heterocycles. The molecule has 0 bridgehead atoms. The summed E-state index contributed by atoms with van der Waals surface area (Å²) >= 11 is 0. The fourth-order valence-corrected chi connectivity index (χ4v) is 1.55. The lowest BCUT2D eigenvalue weighted by Gasteiger charge is -2.09. The van der Waals surface area contributed by atoms with E-state index in [0.29, 0.717) is 0 Å². The Kier molecular flexibility index (Phi) is 3.31. The van der Waals surface area contributed by atoms with Gasteiger partial charge in [0.05, 0.1) is 12.1 Å². The SMILES string of the molecule is CN1CC(=C=O)C(Oc2cccc(C(F)(F)F)c2)=N1. The monoisotopic (exact) mass is 270 g/mol. The zero-order valence-electron chi connectivity index (χ0n) is 9.86. The van der Waals surface area contributed by atoms with Gasteiger partial charge in [0.25, 0.3) is 5.90 Å². The molecule has 100 valence electrons. The molecule has 4 nitrogen and oxygen atoms in total. The molecule has 0 spiro atoms. The number of alkyl halides is 3. The van der Waals surface area contributed by atoms with Crippen LogP contribution in [0, 0.1) is 0 Å². The van der Waals surface area contributed by atoms with Crippen LogP contribution in [-0.4, -0.2) is 30.4 Å². The molecule has 1 aliphatic rings. The highest BCUT2D eigenvalue weighted by molar-refractivity contribution is 6.03. The number of benzene rings is 1. The molecular formula is C12H9F3N2O2. The lowest BCUT2D eigenvalue weighted by molar-refractivity contribution is -0.137. The van der Waals surface area contributed by atoms with Crippen LogP contribution in [0.4, 0.5) is 13.2 Å². The first-order valence-corrected chi connectivity index (χ1v) is 5.29. The molecule has 0 saturated heterocycles. The molecule has 0 N–H and O–H groups in total. The molecule has 0 fully saturated rings. The fraction of sp³-hybridized carbons (Fsp3) is 0.250. The zero-order valence-corrected chi connectivity index (χ0v) is 9.86. The third-order valence-electron chi connectivity index (χ3n) is 2.41. The van der Waals surface area contributed by atoms with Crippen molar-refractivity contribution in [3.8, 4) is 5.75 Å². The second kappa shape index (κ2) is 4.78. The van der Waals surface area contributed by atoms with Crippen molar-refractivity contribution in [3.63, 3.8) is 0 Å². The van der Waals surface area contributed by atoms with Crippen LogP contribution in [0.5, 0.6) is 5.75 Å². The quantitative estimate of drug-likeness (QED) is 0.734. The van der Waals surface area contributed by atoms with Gasteiger partial charge in [-0.25, -0.2) is 4.79 Å². The van der Waals surface area contributed by atoms with Gasteiger partial charge in [-0.05, 0) is 18.2 Å². The van der Waals surface area contributed by atoms with Crippen LogP contribution in [0.25, 0.3) is 0 Å². The molecule has 2 rings (SSSR count). The molecule has 1 aromatic rings. The van der Waals surface area contributed by atoms with E-state index >= 15 is 0 Å². The molecule has 1 aliphatic heterocycles. The highest BCUT2D eigenvalue weighted by atomic mass is 19.4. The molecule has 1 aromatic carbocycles. The summed E-state index contributed by atoms with van der Waals surface area (Å²) in [5.74, 6) is 1.59. The first-order chi connectivity index (χ1) is 8.90. The number of hydrogen-bond acceptors (Lipinski definition) is 4. The second-order valence-electron chi connectivity index (χ2n) is 3.93. The summed E-state index contributed by atoms with van der Waals surface area (Å²) in [4.78, 5) is 10.6. The summed E-state index contributed by atoms with van der Waals surface area (Å²) in [5, 5.41) is 5.31. The Bertz CT molecular complexity index is 575. The van der Waals surface area contributed by atoms with Gasteiger partial charge in [0.1, 0.15) is 17.3 Å². The summed E-state index contributed by atoms with van der Waals surface area (Å²) in [6.07, 6.45) is -4.45. The Morgan fingerprint density at radius 3 is 2.79 bits per heavy atom. The van der Waals surface area contributed by atoms with Gasteiger partial charge in [-0.3, -0.25) is 5.01 Å². The molecule has 0 amide bonds. The van der Waals surface area contributed by atoms with E-state index in [1.807, 2.05) is 0 Å². The van der Waals surface area contributed by atoms with Crippen molar-refractivity contribution in [1.82, 2.24) is 5.01 Å². The van der Waals surface area contributed by atoms with Gasteiger partial charge in [-0.2, -0.15) is 13.2 Å². The van der Waals surface area contributed by atoms with Crippen LogP contribution in [0.15, 0.2) is 34.9 Å². The van der Waals surface area contributed by atoms with Crippen LogP contribution in [0.3, 0.4) is 0 Å². The van der Waals surface area contributed by atoms with E-state index in [1.165, 1.54) is 17.1 Å². The van der Waals surface area contributed by atoms with Crippen LogP contribution in [0.1, 0.15) is 5.56 Å². The molecule has 0 radical (unpaired) electrons. The van der Waals surface area contributed by atoms with Crippen LogP contribution in [-0.2, 0) is 11.0 Å². The maximum Gasteiger partial charge on any atom is 0.416 e. The van der Waals surface area contributed by atoms with Crippen molar-refractivity contribution in [3.05, 3.63) is 35.4 Å². The predicted molar refractivity (Wildman–Crippen MR) is 61.3 cm³/mol. The molecule has 0 aliphatic carbocycles. The highest BCUT2D eigenvalue weighted by Gasteiger charge is 2.31. The first-order valence-electron chi connectivity index (χ1n) is 5.29. The summed E-state index contributed by atoms with van der Waals surface area (Å²) in [6.45, 7) is 0.220. The second-order valence-corrected chi connectivity index (χ2v) is 3.93. The van der Waals surface area contributed by atoms with Crippen molar-refractivity contribution in [2.24, 2.45) is 5.10 Å². The normalized spacial score (nSPS) is 15.3. The Balaban J connectivity index is 2.25. The van der Waals surface area contributed by atoms with Crippen LogP contribution >= 0.6 is 0 Å². The van der Waals surface area contributed by atoms with Crippen molar-refractivity contribution in [2.45, 2.75) is 6.18 Å². The van der Waals surface area contributed by atoms with Gasteiger partial charge < -0.3 is 4.74 Å². The summed E-state index contributed by atoms with van der Waals surface area (Å²) in [7, 11) is 1.61. The maximum absolute atomic E-state index is 12.5. The standard InChI is InChI=1S/C12H9F3N2O2/c1-17-6-8(7-18)11(16-17)19-10-4-2-3-9(5-10)12(13,14)15/h2-5H,6H2,1H3. The third kappa shape index (κ3) is 2.95. The van der Waals surface area contributed by atoms with Gasteiger partial charge >= 0.3 is 6.18 Å². The van der Waals surface area contributed by atoms with Crippen molar-refractivity contribution in [1.29, 1.82) is 0 Å². The first kappa shape index (κ1) is 13.2. The van der Waals surface area contributed by atoms with E-state index in [-0.39, 0.29) is 23.8 Å².